The Bertz CT molecular complexity index is 114. The van der Waals surface area contributed by atoms with Crippen LogP contribution in [-0.4, -0.2) is 19.8 Å². The maximum atomic E-state index is 5.39. The van der Waals surface area contributed by atoms with E-state index in [-0.39, 0.29) is 0 Å². The zero-order valence-electron chi connectivity index (χ0n) is 6.09. The van der Waals surface area contributed by atoms with Crippen LogP contribution in [0.1, 0.15) is 13.3 Å². The van der Waals surface area contributed by atoms with Crippen molar-refractivity contribution >= 4 is 6.21 Å². The molecule has 0 unspecified atom stereocenters. The fourth-order valence-electron chi connectivity index (χ4n) is 0.617. The molecule has 0 amide bonds. The molecule has 0 radical (unpaired) electrons. The highest BCUT2D eigenvalue weighted by Crippen LogP contribution is 1.88. The molecule has 0 aromatic rings. The third kappa shape index (κ3) is 3.91. The number of hydrogen-bond donors (Lipinski definition) is 1. The predicted molar refractivity (Wildman–Crippen MR) is 41.8 cm³/mol. The molecule has 0 saturated carbocycles. The molecule has 52 valence electrons. The van der Waals surface area contributed by atoms with Gasteiger partial charge in [0.05, 0.1) is 0 Å². The summed E-state index contributed by atoms with van der Waals surface area (Å²) in [6.07, 6.45) is 4.90. The molecule has 0 saturated heterocycles. The first kappa shape index (κ1) is 8.37. The van der Waals surface area contributed by atoms with Crippen molar-refractivity contribution in [3.05, 3.63) is 11.6 Å². The molecule has 0 aliphatic heterocycles. The van der Waals surface area contributed by atoms with Crippen LogP contribution >= 0.6 is 0 Å². The van der Waals surface area contributed by atoms with Gasteiger partial charge in [0.2, 0.25) is 0 Å². The fraction of sp³-hybridized carbons (Fsp3) is 0.571. The zero-order chi connectivity index (χ0) is 7.11. The van der Waals surface area contributed by atoms with Crippen LogP contribution in [0.3, 0.4) is 0 Å². The van der Waals surface area contributed by atoms with Crippen molar-refractivity contribution in [2.45, 2.75) is 13.3 Å². The monoisotopic (exact) mass is 126 g/mol. The molecule has 0 heterocycles. The van der Waals surface area contributed by atoms with Gasteiger partial charge < -0.3 is 5.73 Å². The SMILES string of the molecule is CC/C=C(\C=NC)CN. The molecule has 0 aliphatic carbocycles. The summed E-state index contributed by atoms with van der Waals surface area (Å²) in [6.45, 7) is 2.67. The Morgan fingerprint density at radius 2 is 2.33 bits per heavy atom. The molecule has 2 heteroatoms. The van der Waals surface area contributed by atoms with E-state index in [4.69, 9.17) is 5.73 Å². The quantitative estimate of drug-likeness (QED) is 0.562. The Hall–Kier alpha value is -0.630. The minimum Gasteiger partial charge on any atom is -0.326 e. The summed E-state index contributed by atoms with van der Waals surface area (Å²) in [4.78, 5) is 3.85. The van der Waals surface area contributed by atoms with Crippen LogP contribution in [-0.2, 0) is 0 Å². The minimum absolute atomic E-state index is 0.588. The number of hydrogen-bond acceptors (Lipinski definition) is 2. The minimum atomic E-state index is 0.588. The smallest absolute Gasteiger partial charge is 0.0277 e. The first-order valence-electron chi connectivity index (χ1n) is 3.16. The van der Waals surface area contributed by atoms with Crippen LogP contribution < -0.4 is 5.73 Å². The van der Waals surface area contributed by atoms with Gasteiger partial charge in [-0.2, -0.15) is 0 Å². The van der Waals surface area contributed by atoms with E-state index in [0.717, 1.165) is 12.0 Å². The van der Waals surface area contributed by atoms with E-state index in [1.54, 1.807) is 13.3 Å². The standard InChI is InChI=1S/C7H14N2/c1-3-4-7(5-8)6-9-2/h4,6H,3,5,8H2,1-2H3/b7-4-,9-6?. The van der Waals surface area contributed by atoms with Gasteiger partial charge in [-0.15, -0.1) is 0 Å². The number of allylic oxidation sites excluding steroid dienone is 1. The molecule has 0 rings (SSSR count). The first-order valence-corrected chi connectivity index (χ1v) is 3.16. The highest BCUT2D eigenvalue weighted by atomic mass is 14.6. The lowest BCUT2D eigenvalue weighted by atomic mass is 10.2. The second kappa shape index (κ2) is 5.51. The summed E-state index contributed by atoms with van der Waals surface area (Å²) in [5.74, 6) is 0. The zero-order valence-corrected chi connectivity index (χ0v) is 6.09. The first-order chi connectivity index (χ1) is 4.35. The number of rotatable bonds is 3. The maximum Gasteiger partial charge on any atom is 0.0277 e. The average molecular weight is 126 g/mol. The topological polar surface area (TPSA) is 38.4 Å². The average Bonchev–Trinajstić information content (AvgIpc) is 1.88. The molecule has 0 spiro atoms. The summed E-state index contributed by atoms with van der Waals surface area (Å²) in [6, 6.07) is 0. The number of nitrogens with zero attached hydrogens (tertiary/aromatic N) is 1. The van der Waals surface area contributed by atoms with Crippen LogP contribution in [0.5, 0.6) is 0 Å². The molecule has 0 aromatic heterocycles. The van der Waals surface area contributed by atoms with Crippen molar-refractivity contribution in [1.82, 2.24) is 0 Å². The highest BCUT2D eigenvalue weighted by Gasteiger charge is 1.83. The van der Waals surface area contributed by atoms with Crippen molar-refractivity contribution in [2.75, 3.05) is 13.6 Å². The lowest BCUT2D eigenvalue weighted by Gasteiger charge is -1.92. The van der Waals surface area contributed by atoms with E-state index < -0.39 is 0 Å². The summed E-state index contributed by atoms with van der Waals surface area (Å²) in [5.41, 5.74) is 6.50. The van der Waals surface area contributed by atoms with Crippen molar-refractivity contribution in [2.24, 2.45) is 10.7 Å². The summed E-state index contributed by atoms with van der Waals surface area (Å²) in [5, 5.41) is 0. The summed E-state index contributed by atoms with van der Waals surface area (Å²) in [7, 11) is 1.75. The normalized spacial score (nSPS) is 13.0. The molecule has 0 fully saturated rings. The molecular formula is C7H14N2. The van der Waals surface area contributed by atoms with Gasteiger partial charge in [-0.1, -0.05) is 13.0 Å². The summed E-state index contributed by atoms with van der Waals surface area (Å²) < 4.78 is 0. The molecule has 0 atom stereocenters. The number of nitrogens with two attached hydrogens (primary N) is 1. The van der Waals surface area contributed by atoms with E-state index >= 15 is 0 Å². The van der Waals surface area contributed by atoms with Crippen molar-refractivity contribution < 1.29 is 0 Å². The Morgan fingerprint density at radius 1 is 1.67 bits per heavy atom. The van der Waals surface area contributed by atoms with Gasteiger partial charge in [0.1, 0.15) is 0 Å². The fourth-order valence-corrected chi connectivity index (χ4v) is 0.617. The van der Waals surface area contributed by atoms with Gasteiger partial charge in [0.15, 0.2) is 0 Å². The van der Waals surface area contributed by atoms with Gasteiger partial charge in [-0.3, -0.25) is 4.99 Å². The number of aliphatic imine (C=N–C) groups is 1. The van der Waals surface area contributed by atoms with Crippen LogP contribution in [0.2, 0.25) is 0 Å². The molecule has 0 aliphatic rings. The van der Waals surface area contributed by atoms with Gasteiger partial charge in [0, 0.05) is 19.8 Å². The van der Waals surface area contributed by atoms with E-state index in [0.29, 0.717) is 6.54 Å². The molecule has 2 N–H and O–H groups in total. The molecule has 0 aromatic carbocycles. The Kier molecular flexibility index (Phi) is 5.12. The lowest BCUT2D eigenvalue weighted by Crippen LogP contribution is -2.03. The van der Waals surface area contributed by atoms with Crippen molar-refractivity contribution in [1.29, 1.82) is 0 Å². The van der Waals surface area contributed by atoms with Crippen LogP contribution in [0, 0.1) is 0 Å². The Balaban J connectivity index is 3.81. The Labute approximate surface area is 56.5 Å². The molecule has 9 heavy (non-hydrogen) atoms. The van der Waals surface area contributed by atoms with Crippen molar-refractivity contribution in [3.8, 4) is 0 Å². The van der Waals surface area contributed by atoms with E-state index in [9.17, 15) is 0 Å². The van der Waals surface area contributed by atoms with Crippen molar-refractivity contribution in [3.63, 3.8) is 0 Å². The molecule has 2 nitrogen and oxygen atoms in total. The van der Waals surface area contributed by atoms with Gasteiger partial charge >= 0.3 is 0 Å². The second-order valence-corrected chi connectivity index (χ2v) is 1.78. The third-order valence-electron chi connectivity index (χ3n) is 0.997. The highest BCUT2D eigenvalue weighted by molar-refractivity contribution is 5.78. The molecular weight excluding hydrogens is 112 g/mol. The van der Waals surface area contributed by atoms with Crippen LogP contribution in [0.25, 0.3) is 0 Å². The largest absolute Gasteiger partial charge is 0.326 e. The second-order valence-electron chi connectivity index (χ2n) is 1.78. The van der Waals surface area contributed by atoms with E-state index in [1.165, 1.54) is 0 Å². The summed E-state index contributed by atoms with van der Waals surface area (Å²) >= 11 is 0. The van der Waals surface area contributed by atoms with Crippen LogP contribution in [0.4, 0.5) is 0 Å². The van der Waals surface area contributed by atoms with E-state index in [2.05, 4.69) is 18.0 Å². The van der Waals surface area contributed by atoms with Crippen LogP contribution in [0.15, 0.2) is 16.6 Å². The Morgan fingerprint density at radius 3 is 2.67 bits per heavy atom. The van der Waals surface area contributed by atoms with Gasteiger partial charge in [-0.05, 0) is 12.0 Å². The predicted octanol–water partition coefficient (Wildman–Crippen LogP) is 0.982. The molecule has 0 bridgehead atoms. The lowest BCUT2D eigenvalue weighted by molar-refractivity contribution is 1.14. The maximum absolute atomic E-state index is 5.39. The van der Waals surface area contributed by atoms with Gasteiger partial charge in [-0.25, -0.2) is 0 Å². The van der Waals surface area contributed by atoms with E-state index in [1.807, 2.05) is 0 Å². The van der Waals surface area contributed by atoms with Gasteiger partial charge in [0.25, 0.3) is 0 Å². The third-order valence-corrected chi connectivity index (χ3v) is 0.997.